The molecular formula is C20H22ClNO5S. The lowest BCUT2D eigenvalue weighted by atomic mass is 10.1. The van der Waals surface area contributed by atoms with Crippen LogP contribution in [0.1, 0.15) is 22.8 Å². The highest BCUT2D eigenvalue weighted by Crippen LogP contribution is 2.32. The average molecular weight is 424 g/mol. The predicted molar refractivity (Wildman–Crippen MR) is 110 cm³/mol. The Morgan fingerprint density at radius 3 is 2.54 bits per heavy atom. The first-order valence-electron chi connectivity index (χ1n) is 8.51. The van der Waals surface area contributed by atoms with Crippen molar-refractivity contribution < 1.29 is 22.7 Å². The number of ether oxygens (including phenoxy) is 2. The number of carbonyl (C=O) groups excluding carboxylic acids is 1. The van der Waals surface area contributed by atoms with Gasteiger partial charge in [-0.3, -0.25) is 4.31 Å². The van der Waals surface area contributed by atoms with Crippen LogP contribution in [0.2, 0.25) is 5.02 Å². The molecule has 28 heavy (non-hydrogen) atoms. The van der Waals surface area contributed by atoms with Crippen molar-refractivity contribution in [3.8, 4) is 5.75 Å². The van der Waals surface area contributed by atoms with Gasteiger partial charge in [-0.15, -0.1) is 6.58 Å². The Labute approximate surface area is 170 Å². The number of anilines is 1. The molecule has 0 atom stereocenters. The maximum Gasteiger partial charge on any atom is 0.338 e. The molecule has 8 heteroatoms. The van der Waals surface area contributed by atoms with Gasteiger partial charge in [-0.1, -0.05) is 23.7 Å². The Balaban J connectivity index is 2.58. The molecule has 6 nitrogen and oxygen atoms in total. The highest BCUT2D eigenvalue weighted by atomic mass is 35.5. The first-order chi connectivity index (χ1) is 13.3. The first-order valence-corrected chi connectivity index (χ1v) is 10.3. The van der Waals surface area contributed by atoms with Crippen molar-refractivity contribution in [3.63, 3.8) is 0 Å². The molecule has 0 amide bonds. The lowest BCUT2D eigenvalue weighted by Crippen LogP contribution is -2.32. The van der Waals surface area contributed by atoms with Crippen LogP contribution < -0.4 is 9.04 Å². The molecule has 0 heterocycles. The topological polar surface area (TPSA) is 72.9 Å². The van der Waals surface area contributed by atoms with Crippen molar-refractivity contribution >= 4 is 33.3 Å². The summed E-state index contributed by atoms with van der Waals surface area (Å²) in [5.41, 5.74) is 1.30. The molecule has 0 saturated heterocycles. The predicted octanol–water partition coefficient (Wildman–Crippen LogP) is 4.22. The molecule has 0 aromatic heterocycles. The van der Waals surface area contributed by atoms with Gasteiger partial charge in [-0.05, 0) is 49.7 Å². The third-order valence-corrected chi connectivity index (χ3v) is 6.07. The fourth-order valence-electron chi connectivity index (χ4n) is 2.60. The molecule has 0 spiro atoms. The lowest BCUT2D eigenvalue weighted by Gasteiger charge is -2.25. The zero-order chi connectivity index (χ0) is 20.9. The van der Waals surface area contributed by atoms with Crippen molar-refractivity contribution in [1.29, 1.82) is 0 Å². The monoisotopic (exact) mass is 423 g/mol. The van der Waals surface area contributed by atoms with E-state index in [1.54, 1.807) is 26.0 Å². The Morgan fingerprint density at radius 2 is 1.96 bits per heavy atom. The van der Waals surface area contributed by atoms with E-state index in [1.165, 1.54) is 41.8 Å². The van der Waals surface area contributed by atoms with Gasteiger partial charge in [0.25, 0.3) is 10.0 Å². The zero-order valence-corrected chi connectivity index (χ0v) is 17.5. The summed E-state index contributed by atoms with van der Waals surface area (Å²) in [7, 11) is -2.52. The van der Waals surface area contributed by atoms with Crippen molar-refractivity contribution in [1.82, 2.24) is 0 Å². The fraction of sp³-hybridized carbons (Fsp3) is 0.250. The average Bonchev–Trinajstić information content (AvgIpc) is 2.66. The Morgan fingerprint density at radius 1 is 1.25 bits per heavy atom. The standard InChI is InChI=1S/C20H22ClNO5S/c1-5-11-22(18-12-15(8-7-14(18)3)20(23)27-6-2)28(24,25)16-9-10-19(26-4)17(21)13-16/h5,7-10,12-13H,1,6,11H2,2-4H3. The van der Waals surface area contributed by atoms with Gasteiger partial charge in [0.15, 0.2) is 0 Å². The Hall–Kier alpha value is -2.51. The number of carbonyl (C=O) groups is 1. The van der Waals surface area contributed by atoms with Crippen LogP contribution >= 0.6 is 11.6 Å². The maximum atomic E-state index is 13.3. The molecule has 150 valence electrons. The molecule has 0 aliphatic rings. The third kappa shape index (κ3) is 4.48. The number of nitrogens with zero attached hydrogens (tertiary/aromatic N) is 1. The van der Waals surface area contributed by atoms with Gasteiger partial charge < -0.3 is 9.47 Å². The van der Waals surface area contributed by atoms with Gasteiger partial charge in [-0.2, -0.15) is 0 Å². The van der Waals surface area contributed by atoms with Crippen molar-refractivity contribution in [2.75, 3.05) is 24.6 Å². The van der Waals surface area contributed by atoms with Crippen LogP contribution in [-0.4, -0.2) is 34.6 Å². The van der Waals surface area contributed by atoms with Gasteiger partial charge in [-0.25, -0.2) is 13.2 Å². The molecule has 0 N–H and O–H groups in total. The lowest BCUT2D eigenvalue weighted by molar-refractivity contribution is 0.0526. The highest BCUT2D eigenvalue weighted by Gasteiger charge is 2.27. The van der Waals surface area contributed by atoms with E-state index in [9.17, 15) is 13.2 Å². The molecule has 0 aliphatic carbocycles. The number of aryl methyl sites for hydroxylation is 1. The van der Waals surface area contributed by atoms with E-state index < -0.39 is 16.0 Å². The molecule has 2 aromatic rings. The molecule has 0 unspecified atom stereocenters. The van der Waals surface area contributed by atoms with Gasteiger partial charge in [0.2, 0.25) is 0 Å². The summed E-state index contributed by atoms with van der Waals surface area (Å²) in [6.07, 6.45) is 1.47. The van der Waals surface area contributed by atoms with Crippen LogP contribution in [0.15, 0.2) is 53.9 Å². The second-order valence-corrected chi connectivity index (χ2v) is 8.11. The fourth-order valence-corrected chi connectivity index (χ4v) is 4.44. The van der Waals surface area contributed by atoms with E-state index in [-0.39, 0.29) is 28.6 Å². The summed E-state index contributed by atoms with van der Waals surface area (Å²) < 4.78 is 37.9. The summed E-state index contributed by atoms with van der Waals surface area (Å²) in [5.74, 6) is -0.149. The van der Waals surface area contributed by atoms with Crippen molar-refractivity contribution in [2.24, 2.45) is 0 Å². The van der Waals surface area contributed by atoms with Crippen molar-refractivity contribution in [2.45, 2.75) is 18.7 Å². The van der Waals surface area contributed by atoms with E-state index in [1.807, 2.05) is 0 Å². The van der Waals surface area contributed by atoms with Crippen LogP contribution in [0.3, 0.4) is 0 Å². The zero-order valence-electron chi connectivity index (χ0n) is 15.9. The Bertz CT molecular complexity index is 988. The van der Waals surface area contributed by atoms with E-state index in [4.69, 9.17) is 21.1 Å². The largest absolute Gasteiger partial charge is 0.495 e. The normalized spacial score (nSPS) is 11.0. The number of hydrogen-bond donors (Lipinski definition) is 0. The maximum absolute atomic E-state index is 13.3. The van der Waals surface area contributed by atoms with Crippen LogP contribution in [0.4, 0.5) is 5.69 Å². The second kappa shape index (κ2) is 9.12. The third-order valence-electron chi connectivity index (χ3n) is 4.00. The molecule has 0 radical (unpaired) electrons. The molecule has 2 aromatic carbocycles. The number of hydrogen-bond acceptors (Lipinski definition) is 5. The SMILES string of the molecule is C=CCN(c1cc(C(=O)OCC)ccc1C)S(=O)(=O)c1ccc(OC)c(Cl)c1. The van der Waals surface area contributed by atoms with Crippen molar-refractivity contribution in [3.05, 3.63) is 65.2 Å². The number of halogens is 1. The number of sulfonamides is 1. The van der Waals surface area contributed by atoms with Gasteiger partial charge >= 0.3 is 5.97 Å². The molecule has 2 rings (SSSR count). The number of esters is 1. The molecule has 0 aliphatic heterocycles. The number of methoxy groups -OCH3 is 1. The van der Waals surface area contributed by atoms with Crippen LogP contribution in [0.25, 0.3) is 0 Å². The first kappa shape index (κ1) is 21.8. The van der Waals surface area contributed by atoms with Crippen LogP contribution in [0.5, 0.6) is 5.75 Å². The minimum absolute atomic E-state index is 0.00101. The number of benzene rings is 2. The van der Waals surface area contributed by atoms with Gasteiger partial charge in [0, 0.05) is 0 Å². The van der Waals surface area contributed by atoms with Crippen LogP contribution in [0, 0.1) is 6.92 Å². The minimum atomic E-state index is -3.97. The quantitative estimate of drug-likeness (QED) is 0.469. The molecule has 0 bridgehead atoms. The summed E-state index contributed by atoms with van der Waals surface area (Å²) in [6.45, 7) is 7.35. The summed E-state index contributed by atoms with van der Waals surface area (Å²) >= 11 is 6.11. The molecule has 0 saturated carbocycles. The highest BCUT2D eigenvalue weighted by molar-refractivity contribution is 7.92. The van der Waals surface area contributed by atoms with E-state index in [0.29, 0.717) is 17.0 Å². The molecule has 0 fully saturated rings. The molecular weight excluding hydrogens is 402 g/mol. The summed E-state index contributed by atoms with van der Waals surface area (Å²) in [5, 5.41) is 0.180. The van der Waals surface area contributed by atoms with Gasteiger partial charge in [0.05, 0.1) is 41.4 Å². The second-order valence-electron chi connectivity index (χ2n) is 5.84. The van der Waals surface area contributed by atoms with E-state index >= 15 is 0 Å². The summed E-state index contributed by atoms with van der Waals surface area (Å²) in [6, 6.07) is 9.01. The van der Waals surface area contributed by atoms with Crippen LogP contribution in [-0.2, 0) is 14.8 Å². The minimum Gasteiger partial charge on any atom is -0.495 e. The Kier molecular flexibility index (Phi) is 7.10. The smallest absolute Gasteiger partial charge is 0.338 e. The number of rotatable bonds is 8. The van der Waals surface area contributed by atoms with E-state index in [0.717, 1.165) is 0 Å². The summed E-state index contributed by atoms with van der Waals surface area (Å²) in [4.78, 5) is 12.1. The van der Waals surface area contributed by atoms with Gasteiger partial charge in [0.1, 0.15) is 5.75 Å². The van der Waals surface area contributed by atoms with E-state index in [2.05, 4.69) is 6.58 Å².